The van der Waals surface area contributed by atoms with Crippen LogP contribution in [0.15, 0.2) is 0 Å². The average Bonchev–Trinajstić information content (AvgIpc) is 3.03. The largest absolute Gasteiger partial charge is 0.469 e. The Morgan fingerprint density at radius 1 is 1.04 bits per heavy atom. The fraction of sp³-hybridized carbons (Fsp3) is 0.960. The zero-order valence-corrected chi connectivity index (χ0v) is 18.7. The van der Waals surface area contributed by atoms with Gasteiger partial charge < -0.3 is 10.5 Å². The molecule has 0 spiro atoms. The number of hydrogen-bond acceptors (Lipinski definition) is 3. The molecule has 4 saturated carbocycles. The highest BCUT2D eigenvalue weighted by atomic mass is 16.5. The van der Waals surface area contributed by atoms with E-state index in [1.165, 1.54) is 64.9 Å². The van der Waals surface area contributed by atoms with E-state index in [2.05, 4.69) is 20.8 Å². The maximum atomic E-state index is 11.6. The summed E-state index contributed by atoms with van der Waals surface area (Å²) in [5, 5.41) is 0. The smallest absolute Gasteiger partial charge is 0.305 e. The number of nitrogens with two attached hydrogens (primary N) is 1. The van der Waals surface area contributed by atoms with Gasteiger partial charge in [0.2, 0.25) is 0 Å². The van der Waals surface area contributed by atoms with Crippen molar-refractivity contribution < 1.29 is 9.53 Å². The number of carbonyl (C=O) groups excluding carboxylic acids is 1. The lowest BCUT2D eigenvalue weighted by Gasteiger charge is -2.61. The molecule has 4 fully saturated rings. The van der Waals surface area contributed by atoms with Gasteiger partial charge >= 0.3 is 5.97 Å². The van der Waals surface area contributed by atoms with Gasteiger partial charge in [0.15, 0.2) is 0 Å². The summed E-state index contributed by atoms with van der Waals surface area (Å²) in [5.74, 6) is 5.02. The number of carbonyl (C=O) groups is 1. The average molecular weight is 390 g/mol. The molecule has 0 aromatic carbocycles. The predicted molar refractivity (Wildman–Crippen MR) is 114 cm³/mol. The highest BCUT2D eigenvalue weighted by Crippen LogP contribution is 2.68. The summed E-state index contributed by atoms with van der Waals surface area (Å²) in [6.45, 7) is 7.65. The number of rotatable bonds is 4. The molecule has 0 aromatic rings. The van der Waals surface area contributed by atoms with Crippen LogP contribution in [0.1, 0.15) is 91.4 Å². The van der Waals surface area contributed by atoms with E-state index < -0.39 is 0 Å². The third kappa shape index (κ3) is 3.24. The van der Waals surface area contributed by atoms with E-state index >= 15 is 0 Å². The summed E-state index contributed by atoms with van der Waals surface area (Å²) in [6, 6.07) is 0.454. The van der Waals surface area contributed by atoms with Crippen molar-refractivity contribution in [2.24, 2.45) is 52.1 Å². The lowest BCUT2D eigenvalue weighted by Crippen LogP contribution is -2.54. The summed E-state index contributed by atoms with van der Waals surface area (Å²) < 4.78 is 4.89. The molecule has 0 saturated heterocycles. The third-order valence-electron chi connectivity index (χ3n) is 10.5. The molecule has 0 aliphatic heterocycles. The standard InChI is InChI=1S/C25H43NO2/c1-16(5-10-23(27)28-4)20-8-9-21-19-7-6-17-15-18(26)11-13-24(17,2)22(19)12-14-25(20,21)3/h16-22H,5-15,26H2,1-4H3/t16-,17?,18?,19?,20?,21?,22?,24?,25?/m1/s1. The minimum absolute atomic E-state index is 0.0444. The molecule has 3 nitrogen and oxygen atoms in total. The predicted octanol–water partition coefficient (Wildman–Crippen LogP) is 5.56. The van der Waals surface area contributed by atoms with Crippen LogP contribution in [0.25, 0.3) is 0 Å². The van der Waals surface area contributed by atoms with Crippen LogP contribution < -0.4 is 5.73 Å². The number of hydrogen-bond donors (Lipinski definition) is 1. The van der Waals surface area contributed by atoms with E-state index in [0.29, 0.717) is 29.2 Å². The molecule has 0 bridgehead atoms. The van der Waals surface area contributed by atoms with Crippen LogP contribution in [0.3, 0.4) is 0 Å². The van der Waals surface area contributed by atoms with Gasteiger partial charge in [-0.25, -0.2) is 0 Å². The number of methoxy groups -OCH3 is 1. The van der Waals surface area contributed by atoms with E-state index in [1.54, 1.807) is 0 Å². The zero-order chi connectivity index (χ0) is 20.1. The lowest BCUT2D eigenvalue weighted by atomic mass is 9.44. The van der Waals surface area contributed by atoms with Crippen LogP contribution in [0.4, 0.5) is 0 Å². The first-order valence-electron chi connectivity index (χ1n) is 12.1. The second-order valence-electron chi connectivity index (χ2n) is 11.5. The first kappa shape index (κ1) is 20.7. The van der Waals surface area contributed by atoms with Crippen molar-refractivity contribution in [2.45, 2.75) is 97.4 Å². The van der Waals surface area contributed by atoms with E-state index in [4.69, 9.17) is 10.5 Å². The van der Waals surface area contributed by atoms with Crippen LogP contribution >= 0.6 is 0 Å². The molecule has 3 heteroatoms. The van der Waals surface area contributed by atoms with E-state index in [9.17, 15) is 4.79 Å². The Morgan fingerprint density at radius 3 is 2.50 bits per heavy atom. The zero-order valence-electron chi connectivity index (χ0n) is 18.7. The van der Waals surface area contributed by atoms with Crippen molar-refractivity contribution >= 4 is 5.97 Å². The molecule has 4 aliphatic carbocycles. The summed E-state index contributed by atoms with van der Waals surface area (Å²) in [6.07, 6.45) is 13.9. The fourth-order valence-electron chi connectivity index (χ4n) is 8.92. The normalized spacial score (nSPS) is 48.9. The first-order valence-corrected chi connectivity index (χ1v) is 12.1. The van der Waals surface area contributed by atoms with Gasteiger partial charge in [0, 0.05) is 12.5 Å². The summed E-state index contributed by atoms with van der Waals surface area (Å²) in [7, 11) is 1.51. The first-order chi connectivity index (χ1) is 13.3. The van der Waals surface area contributed by atoms with Crippen molar-refractivity contribution in [3.05, 3.63) is 0 Å². The molecule has 28 heavy (non-hydrogen) atoms. The van der Waals surface area contributed by atoms with Crippen molar-refractivity contribution in [3.8, 4) is 0 Å². The van der Waals surface area contributed by atoms with Crippen LogP contribution in [0.5, 0.6) is 0 Å². The lowest BCUT2D eigenvalue weighted by molar-refractivity contribution is -0.141. The maximum absolute atomic E-state index is 11.6. The van der Waals surface area contributed by atoms with Crippen LogP contribution in [0.2, 0.25) is 0 Å². The van der Waals surface area contributed by atoms with Crippen molar-refractivity contribution in [1.29, 1.82) is 0 Å². The van der Waals surface area contributed by atoms with Crippen LogP contribution in [-0.2, 0) is 9.53 Å². The Bertz CT molecular complexity index is 591. The van der Waals surface area contributed by atoms with Crippen molar-refractivity contribution in [3.63, 3.8) is 0 Å². The number of ether oxygens (including phenoxy) is 1. The van der Waals surface area contributed by atoms with Gasteiger partial charge in [0.05, 0.1) is 7.11 Å². The molecule has 0 heterocycles. The Morgan fingerprint density at radius 2 is 1.75 bits per heavy atom. The topological polar surface area (TPSA) is 52.3 Å². The summed E-state index contributed by atoms with van der Waals surface area (Å²) in [5.41, 5.74) is 7.39. The van der Waals surface area contributed by atoms with Crippen molar-refractivity contribution in [1.82, 2.24) is 0 Å². The van der Waals surface area contributed by atoms with Gasteiger partial charge in [-0.3, -0.25) is 4.79 Å². The van der Waals surface area contributed by atoms with Gasteiger partial charge in [0.1, 0.15) is 0 Å². The third-order valence-corrected chi connectivity index (χ3v) is 10.5. The Balaban J connectivity index is 1.48. The minimum Gasteiger partial charge on any atom is -0.469 e. The summed E-state index contributed by atoms with van der Waals surface area (Å²) in [4.78, 5) is 11.6. The highest BCUT2D eigenvalue weighted by Gasteiger charge is 2.60. The second kappa shape index (κ2) is 7.60. The fourth-order valence-corrected chi connectivity index (χ4v) is 8.92. The molecular formula is C25H43NO2. The molecule has 4 aliphatic rings. The van der Waals surface area contributed by atoms with Gasteiger partial charge in [-0.05, 0) is 111 Å². The SMILES string of the molecule is COC(=O)CC[C@@H](C)C1CCC2C3CCC4CC(N)CCC4(C)C3CCC21C. The molecule has 0 radical (unpaired) electrons. The maximum Gasteiger partial charge on any atom is 0.305 e. The van der Waals surface area contributed by atoms with Gasteiger partial charge in [-0.1, -0.05) is 20.8 Å². The number of fused-ring (bicyclic) bond motifs is 5. The quantitative estimate of drug-likeness (QED) is 0.640. The van der Waals surface area contributed by atoms with Crippen LogP contribution in [-0.4, -0.2) is 19.1 Å². The van der Waals surface area contributed by atoms with E-state index in [-0.39, 0.29) is 5.97 Å². The van der Waals surface area contributed by atoms with Gasteiger partial charge in [-0.15, -0.1) is 0 Å². The van der Waals surface area contributed by atoms with Gasteiger partial charge in [0.25, 0.3) is 0 Å². The Kier molecular flexibility index (Phi) is 5.61. The Labute approximate surface area is 172 Å². The van der Waals surface area contributed by atoms with Gasteiger partial charge in [-0.2, -0.15) is 0 Å². The van der Waals surface area contributed by atoms with Crippen molar-refractivity contribution in [2.75, 3.05) is 7.11 Å². The molecule has 4 rings (SSSR count). The summed E-state index contributed by atoms with van der Waals surface area (Å²) >= 11 is 0. The molecule has 2 N–H and O–H groups in total. The van der Waals surface area contributed by atoms with E-state index in [1.807, 2.05) is 0 Å². The molecule has 8 unspecified atom stereocenters. The monoisotopic (exact) mass is 389 g/mol. The second-order valence-corrected chi connectivity index (χ2v) is 11.5. The molecule has 160 valence electrons. The molecule has 0 amide bonds. The highest BCUT2D eigenvalue weighted by molar-refractivity contribution is 5.69. The Hall–Kier alpha value is -0.570. The molecule has 0 aromatic heterocycles. The molecular weight excluding hydrogens is 346 g/mol. The number of esters is 1. The minimum atomic E-state index is -0.0444. The van der Waals surface area contributed by atoms with Crippen LogP contribution in [0, 0.1) is 46.3 Å². The molecule has 9 atom stereocenters. The van der Waals surface area contributed by atoms with E-state index in [0.717, 1.165) is 36.0 Å².